The van der Waals surface area contributed by atoms with Crippen LogP contribution < -0.4 is 0 Å². The molecule has 0 spiro atoms. The third kappa shape index (κ3) is 3.25. The van der Waals surface area contributed by atoms with Gasteiger partial charge in [-0.3, -0.25) is 9.59 Å². The zero-order chi connectivity index (χ0) is 22.7. The van der Waals surface area contributed by atoms with E-state index in [-0.39, 0.29) is 29.3 Å². The molecular formula is C26H25FN4O2. The molecule has 1 aliphatic carbocycles. The van der Waals surface area contributed by atoms with Gasteiger partial charge in [0.05, 0.1) is 23.0 Å². The summed E-state index contributed by atoms with van der Waals surface area (Å²) in [5, 5.41) is 4.72. The largest absolute Gasteiger partial charge is 0.338 e. The average molecular weight is 445 g/mol. The van der Waals surface area contributed by atoms with Crippen molar-refractivity contribution in [1.82, 2.24) is 19.6 Å². The Bertz CT molecular complexity index is 1240. The zero-order valence-electron chi connectivity index (χ0n) is 18.4. The van der Waals surface area contributed by atoms with E-state index in [9.17, 15) is 14.0 Å². The van der Waals surface area contributed by atoms with Crippen molar-refractivity contribution in [3.63, 3.8) is 0 Å². The van der Waals surface area contributed by atoms with E-state index >= 15 is 0 Å². The second-order valence-corrected chi connectivity index (χ2v) is 9.39. The molecule has 1 saturated carbocycles. The second-order valence-electron chi connectivity index (χ2n) is 9.39. The first-order valence-corrected chi connectivity index (χ1v) is 11.5. The van der Waals surface area contributed by atoms with Crippen LogP contribution in [-0.4, -0.2) is 51.0 Å². The first-order valence-electron chi connectivity index (χ1n) is 11.5. The van der Waals surface area contributed by atoms with Crippen LogP contribution in [0.3, 0.4) is 0 Å². The number of rotatable bonds is 5. The fourth-order valence-electron chi connectivity index (χ4n) is 5.31. The number of aromatic nitrogens is 2. The maximum Gasteiger partial charge on any atom is 0.273 e. The fourth-order valence-corrected chi connectivity index (χ4v) is 5.31. The van der Waals surface area contributed by atoms with Crippen LogP contribution in [0.4, 0.5) is 4.39 Å². The molecule has 2 aromatic carbocycles. The Kier molecular flexibility index (Phi) is 4.60. The van der Waals surface area contributed by atoms with Crippen molar-refractivity contribution in [2.24, 2.45) is 11.8 Å². The Labute approximate surface area is 191 Å². The van der Waals surface area contributed by atoms with Crippen LogP contribution in [0.25, 0.3) is 5.69 Å². The summed E-state index contributed by atoms with van der Waals surface area (Å²) in [5.41, 5.74) is 3.64. The lowest BCUT2D eigenvalue weighted by Gasteiger charge is -2.42. The summed E-state index contributed by atoms with van der Waals surface area (Å²) in [5.74, 6) is -0.0993. The van der Waals surface area contributed by atoms with Crippen molar-refractivity contribution >= 4 is 11.8 Å². The summed E-state index contributed by atoms with van der Waals surface area (Å²) in [6, 6.07) is 15.9. The van der Waals surface area contributed by atoms with Gasteiger partial charge in [-0.05, 0) is 49.9 Å². The van der Waals surface area contributed by atoms with Crippen LogP contribution in [-0.2, 0) is 0 Å². The Morgan fingerprint density at radius 2 is 1.76 bits per heavy atom. The van der Waals surface area contributed by atoms with Crippen molar-refractivity contribution in [2.75, 3.05) is 19.6 Å². The van der Waals surface area contributed by atoms with E-state index in [1.165, 1.54) is 12.1 Å². The number of hydrogen-bond donors (Lipinski definition) is 0. The smallest absolute Gasteiger partial charge is 0.273 e. The lowest BCUT2D eigenvalue weighted by molar-refractivity contribution is 0.0334. The molecule has 0 radical (unpaired) electrons. The van der Waals surface area contributed by atoms with Gasteiger partial charge in [0.25, 0.3) is 11.8 Å². The highest BCUT2D eigenvalue weighted by Crippen LogP contribution is 2.51. The number of aryl methyl sites for hydroxylation is 1. The molecule has 3 aliphatic rings. The third-order valence-electron chi connectivity index (χ3n) is 7.07. The number of likely N-dealkylation sites (tertiary alicyclic amines) is 1. The normalized spacial score (nSPS) is 20.2. The zero-order valence-corrected chi connectivity index (χ0v) is 18.4. The summed E-state index contributed by atoms with van der Waals surface area (Å²) < 4.78 is 15.8. The van der Waals surface area contributed by atoms with Gasteiger partial charge in [0.2, 0.25) is 0 Å². The van der Waals surface area contributed by atoms with Gasteiger partial charge < -0.3 is 9.80 Å². The van der Waals surface area contributed by atoms with E-state index in [4.69, 9.17) is 5.10 Å². The molecule has 1 aromatic heterocycles. The van der Waals surface area contributed by atoms with Crippen LogP contribution in [0.1, 0.15) is 51.0 Å². The van der Waals surface area contributed by atoms with Crippen molar-refractivity contribution < 1.29 is 14.0 Å². The number of nitrogens with zero attached hydrogens (tertiary/aromatic N) is 4. The topological polar surface area (TPSA) is 58.4 Å². The molecule has 168 valence electrons. The van der Waals surface area contributed by atoms with Gasteiger partial charge in [0.1, 0.15) is 11.5 Å². The number of fused-ring (bicyclic) bond motifs is 1. The van der Waals surface area contributed by atoms with E-state index in [2.05, 4.69) is 0 Å². The molecule has 2 amide bonds. The van der Waals surface area contributed by atoms with E-state index in [0.717, 1.165) is 29.8 Å². The Morgan fingerprint density at radius 3 is 2.45 bits per heavy atom. The lowest BCUT2D eigenvalue weighted by atomic mass is 9.96. The van der Waals surface area contributed by atoms with Gasteiger partial charge in [0, 0.05) is 31.1 Å². The van der Waals surface area contributed by atoms with Gasteiger partial charge in [-0.2, -0.15) is 5.10 Å². The number of para-hydroxylation sites is 1. The second kappa shape index (κ2) is 7.54. The summed E-state index contributed by atoms with van der Waals surface area (Å²) >= 11 is 0. The molecular weight excluding hydrogens is 419 g/mol. The van der Waals surface area contributed by atoms with Gasteiger partial charge in [-0.15, -0.1) is 0 Å². The summed E-state index contributed by atoms with van der Waals surface area (Å²) in [6.45, 7) is 3.66. The Balaban J connectivity index is 1.22. The van der Waals surface area contributed by atoms with Crippen LogP contribution in [0.2, 0.25) is 0 Å². The predicted molar refractivity (Wildman–Crippen MR) is 121 cm³/mol. The lowest BCUT2D eigenvalue weighted by Crippen LogP contribution is -2.54. The van der Waals surface area contributed by atoms with E-state index in [1.807, 2.05) is 42.2 Å². The quantitative estimate of drug-likeness (QED) is 0.598. The monoisotopic (exact) mass is 444 g/mol. The Morgan fingerprint density at radius 1 is 1.06 bits per heavy atom. The molecule has 6 nitrogen and oxygen atoms in total. The minimum Gasteiger partial charge on any atom is -0.338 e. The van der Waals surface area contributed by atoms with Crippen molar-refractivity contribution in [2.45, 2.75) is 25.8 Å². The SMILES string of the molecule is Cc1nn(-c2ccccc2)c2c1C(C1CC1)N(CC1CN(C(=O)c3ccccc3F)C1)C2=O. The van der Waals surface area contributed by atoms with Crippen molar-refractivity contribution in [3.8, 4) is 5.69 Å². The van der Waals surface area contributed by atoms with Gasteiger partial charge >= 0.3 is 0 Å². The van der Waals surface area contributed by atoms with Crippen LogP contribution in [0.5, 0.6) is 0 Å². The molecule has 1 atom stereocenters. The minimum atomic E-state index is -0.495. The highest BCUT2D eigenvalue weighted by atomic mass is 19.1. The van der Waals surface area contributed by atoms with Crippen molar-refractivity contribution in [1.29, 1.82) is 0 Å². The molecule has 3 aromatic rings. The molecule has 1 saturated heterocycles. The molecule has 0 bridgehead atoms. The first kappa shape index (κ1) is 20.1. The molecule has 7 heteroatoms. The van der Waals surface area contributed by atoms with Crippen LogP contribution >= 0.6 is 0 Å². The highest BCUT2D eigenvalue weighted by Gasteiger charge is 2.50. The highest BCUT2D eigenvalue weighted by molar-refractivity contribution is 5.99. The fraction of sp³-hybridized carbons (Fsp3) is 0.346. The average Bonchev–Trinajstić information content (AvgIpc) is 3.52. The molecule has 33 heavy (non-hydrogen) atoms. The summed E-state index contributed by atoms with van der Waals surface area (Å²) in [4.78, 5) is 30.0. The molecule has 6 rings (SSSR count). The van der Waals surface area contributed by atoms with Gasteiger partial charge in [-0.25, -0.2) is 9.07 Å². The van der Waals surface area contributed by atoms with E-state index in [1.54, 1.807) is 21.7 Å². The summed E-state index contributed by atoms with van der Waals surface area (Å²) in [7, 11) is 0. The van der Waals surface area contributed by atoms with E-state index in [0.29, 0.717) is 31.2 Å². The minimum absolute atomic E-state index is 0.0187. The maximum atomic E-state index is 14.0. The predicted octanol–water partition coefficient (Wildman–Crippen LogP) is 4.00. The molecule has 2 fully saturated rings. The van der Waals surface area contributed by atoms with Gasteiger partial charge in [0.15, 0.2) is 0 Å². The number of carbonyl (C=O) groups is 2. The number of benzene rings is 2. The van der Waals surface area contributed by atoms with Crippen LogP contribution in [0, 0.1) is 24.6 Å². The van der Waals surface area contributed by atoms with Crippen LogP contribution in [0.15, 0.2) is 54.6 Å². The third-order valence-corrected chi connectivity index (χ3v) is 7.07. The molecule has 1 unspecified atom stereocenters. The summed E-state index contributed by atoms with van der Waals surface area (Å²) in [6.07, 6.45) is 2.23. The number of carbonyl (C=O) groups excluding carboxylic acids is 2. The molecule has 3 heterocycles. The Hall–Kier alpha value is -3.48. The standard InChI is InChI=1S/C26H25FN4O2/c1-16-22-23(18-11-12-18)30(26(33)24(22)31(28-16)19-7-3-2-4-8-19)15-17-13-29(14-17)25(32)20-9-5-6-10-21(20)27/h2-10,17-18,23H,11-15H2,1H3. The number of halogens is 1. The maximum absolute atomic E-state index is 14.0. The molecule has 2 aliphatic heterocycles. The first-order chi connectivity index (χ1) is 16.0. The molecule has 0 N–H and O–H groups in total. The van der Waals surface area contributed by atoms with E-state index < -0.39 is 5.82 Å². The number of hydrogen-bond acceptors (Lipinski definition) is 3. The number of amides is 2. The van der Waals surface area contributed by atoms with Gasteiger partial charge in [-0.1, -0.05) is 30.3 Å². The van der Waals surface area contributed by atoms with Crippen molar-refractivity contribution in [3.05, 3.63) is 82.9 Å².